The van der Waals surface area contributed by atoms with Gasteiger partial charge in [-0.3, -0.25) is 0 Å². The fourth-order valence-corrected chi connectivity index (χ4v) is 3.29. The zero-order chi connectivity index (χ0) is 15.4. The van der Waals surface area contributed by atoms with Crippen molar-refractivity contribution in [3.05, 3.63) is 39.1 Å². The van der Waals surface area contributed by atoms with Crippen LogP contribution in [0.5, 0.6) is 0 Å². The van der Waals surface area contributed by atoms with E-state index in [1.54, 1.807) is 0 Å². The number of rotatable bonds is 5. The minimum absolute atomic E-state index is 0.561. The summed E-state index contributed by atoms with van der Waals surface area (Å²) in [5.41, 5.74) is 2.19. The third-order valence-electron chi connectivity index (χ3n) is 2.99. The fraction of sp³-hybridized carbons (Fsp3) is 0.375. The lowest BCUT2D eigenvalue weighted by atomic mass is 10.1. The number of H-pyrrole nitrogens is 1. The van der Waals surface area contributed by atoms with Gasteiger partial charge >= 0.3 is 0 Å². The van der Waals surface area contributed by atoms with E-state index in [-0.39, 0.29) is 0 Å². The first-order chi connectivity index (χ1) is 10.0. The van der Waals surface area contributed by atoms with Crippen LogP contribution in [0.3, 0.4) is 0 Å². The highest BCUT2D eigenvalue weighted by Gasteiger charge is 2.09. The predicted octanol–water partition coefficient (Wildman–Crippen LogP) is 5.88. The van der Waals surface area contributed by atoms with Crippen LogP contribution in [0, 0.1) is 10.6 Å². The summed E-state index contributed by atoms with van der Waals surface area (Å²) in [6.07, 6.45) is 0.948. The summed E-state index contributed by atoms with van der Waals surface area (Å²) in [4.78, 5) is 9.19. The maximum Gasteiger partial charge on any atom is 0.144 e. The van der Waals surface area contributed by atoms with Crippen molar-refractivity contribution >= 4 is 39.9 Å². The van der Waals surface area contributed by atoms with Gasteiger partial charge in [-0.1, -0.05) is 45.1 Å². The molecule has 0 atom stereocenters. The molecule has 2 nitrogen and oxygen atoms in total. The van der Waals surface area contributed by atoms with E-state index in [1.807, 2.05) is 11.8 Å². The summed E-state index contributed by atoms with van der Waals surface area (Å²) in [5, 5.41) is 0. The lowest BCUT2D eigenvalue weighted by Gasteiger charge is -2.11. The highest BCUT2D eigenvalue weighted by molar-refractivity contribution is 9.10. The van der Waals surface area contributed by atoms with Crippen LogP contribution >= 0.6 is 39.9 Å². The zero-order valence-corrected chi connectivity index (χ0v) is 15.7. The Morgan fingerprint density at radius 2 is 1.95 bits per heavy atom. The van der Waals surface area contributed by atoms with E-state index in [2.05, 4.69) is 70.9 Å². The molecule has 1 aromatic heterocycles. The molecule has 1 aromatic carbocycles. The molecule has 0 spiro atoms. The molecule has 0 saturated heterocycles. The first kappa shape index (κ1) is 16.7. The van der Waals surface area contributed by atoms with Gasteiger partial charge in [-0.2, -0.15) is 0 Å². The zero-order valence-electron chi connectivity index (χ0n) is 12.4. The first-order valence-electron chi connectivity index (χ1n) is 7.03. The molecule has 0 amide bonds. The quantitative estimate of drug-likeness (QED) is 0.516. The highest BCUT2D eigenvalue weighted by atomic mass is 79.9. The Hall–Kier alpha value is -0.650. The lowest BCUT2D eigenvalue weighted by molar-refractivity contribution is 0.632. The summed E-state index contributed by atoms with van der Waals surface area (Å²) in [7, 11) is 0. The van der Waals surface area contributed by atoms with Crippen molar-refractivity contribution in [3.8, 4) is 11.4 Å². The van der Waals surface area contributed by atoms with Crippen molar-refractivity contribution in [3.63, 3.8) is 0 Å². The molecular weight excluding hydrogens is 364 g/mol. The summed E-state index contributed by atoms with van der Waals surface area (Å²) in [6, 6.07) is 8.45. The minimum atomic E-state index is 0.561. The van der Waals surface area contributed by atoms with E-state index >= 15 is 0 Å². The number of aromatic nitrogens is 2. The molecule has 0 aliphatic heterocycles. The number of hydrogen-bond donors (Lipinski definition) is 1. The van der Waals surface area contributed by atoms with Gasteiger partial charge in [-0.15, -0.1) is 11.8 Å². The van der Waals surface area contributed by atoms with Crippen LogP contribution in [0.25, 0.3) is 11.4 Å². The van der Waals surface area contributed by atoms with E-state index in [9.17, 15) is 0 Å². The van der Waals surface area contributed by atoms with Crippen molar-refractivity contribution in [1.82, 2.24) is 9.97 Å². The average molecular weight is 383 g/mol. The van der Waals surface area contributed by atoms with Crippen molar-refractivity contribution in [2.45, 2.75) is 32.1 Å². The third-order valence-corrected chi connectivity index (χ3v) is 5.29. The van der Waals surface area contributed by atoms with Crippen molar-refractivity contribution in [2.75, 3.05) is 5.75 Å². The molecule has 1 N–H and O–H groups in total. The highest BCUT2D eigenvalue weighted by Crippen LogP contribution is 2.25. The van der Waals surface area contributed by atoms with E-state index in [0.29, 0.717) is 10.6 Å². The van der Waals surface area contributed by atoms with Gasteiger partial charge in [0, 0.05) is 16.2 Å². The SMILES string of the molecule is CCSc1ccc(-c2nc(=S)c(Br)c(CC(C)C)[nH]2)cc1. The van der Waals surface area contributed by atoms with Gasteiger partial charge < -0.3 is 4.98 Å². The normalized spacial score (nSPS) is 11.1. The molecule has 0 aliphatic rings. The molecule has 0 unspecified atom stereocenters. The van der Waals surface area contributed by atoms with Crippen LogP contribution in [0.4, 0.5) is 0 Å². The Bertz CT molecular complexity index is 663. The predicted molar refractivity (Wildman–Crippen MR) is 97.5 cm³/mol. The smallest absolute Gasteiger partial charge is 0.144 e. The third kappa shape index (κ3) is 4.41. The number of nitrogens with one attached hydrogen (secondary N) is 1. The van der Waals surface area contributed by atoms with E-state index in [0.717, 1.165) is 33.7 Å². The summed E-state index contributed by atoms with van der Waals surface area (Å²) >= 11 is 10.8. The van der Waals surface area contributed by atoms with Crippen LogP contribution in [-0.2, 0) is 6.42 Å². The molecule has 2 rings (SSSR count). The van der Waals surface area contributed by atoms with Gasteiger partial charge in [0.2, 0.25) is 0 Å². The van der Waals surface area contributed by atoms with Crippen LogP contribution < -0.4 is 0 Å². The number of hydrogen-bond acceptors (Lipinski definition) is 3. The maximum absolute atomic E-state index is 5.37. The second-order valence-corrected chi connectivity index (χ2v) is 7.76. The van der Waals surface area contributed by atoms with Gasteiger partial charge in [0.15, 0.2) is 0 Å². The monoisotopic (exact) mass is 382 g/mol. The average Bonchev–Trinajstić information content (AvgIpc) is 2.44. The lowest BCUT2D eigenvalue weighted by Crippen LogP contribution is -2.02. The molecule has 0 saturated carbocycles. The van der Waals surface area contributed by atoms with Crippen molar-refractivity contribution in [2.24, 2.45) is 5.92 Å². The second-order valence-electron chi connectivity index (χ2n) is 5.24. The van der Waals surface area contributed by atoms with Crippen LogP contribution in [0.1, 0.15) is 26.5 Å². The molecule has 1 heterocycles. The summed E-state index contributed by atoms with van der Waals surface area (Å²) in [6.45, 7) is 6.55. The maximum atomic E-state index is 5.37. The fourth-order valence-electron chi connectivity index (χ4n) is 2.07. The van der Waals surface area contributed by atoms with Gasteiger partial charge in [0.1, 0.15) is 10.5 Å². The van der Waals surface area contributed by atoms with Crippen LogP contribution in [0.2, 0.25) is 0 Å². The number of benzene rings is 1. The number of nitrogens with zero attached hydrogens (tertiary/aromatic N) is 1. The molecule has 112 valence electrons. The van der Waals surface area contributed by atoms with Crippen LogP contribution in [-0.4, -0.2) is 15.7 Å². The second kappa shape index (κ2) is 7.56. The topological polar surface area (TPSA) is 28.7 Å². The Morgan fingerprint density at radius 1 is 1.29 bits per heavy atom. The minimum Gasteiger partial charge on any atom is -0.342 e. The van der Waals surface area contributed by atoms with E-state index in [1.165, 1.54) is 4.90 Å². The Balaban J connectivity index is 2.39. The molecule has 0 fully saturated rings. The Kier molecular flexibility index (Phi) is 6.02. The number of aromatic amines is 1. The molecule has 0 radical (unpaired) electrons. The Labute approximate surface area is 143 Å². The van der Waals surface area contributed by atoms with Gasteiger partial charge in [0.05, 0.1) is 4.47 Å². The molecule has 21 heavy (non-hydrogen) atoms. The van der Waals surface area contributed by atoms with E-state index in [4.69, 9.17) is 12.2 Å². The van der Waals surface area contributed by atoms with Gasteiger partial charge in [-0.25, -0.2) is 4.98 Å². The first-order valence-corrected chi connectivity index (χ1v) is 9.21. The number of halogens is 1. The Morgan fingerprint density at radius 3 is 2.52 bits per heavy atom. The molecular formula is C16H19BrN2S2. The largest absolute Gasteiger partial charge is 0.342 e. The van der Waals surface area contributed by atoms with E-state index < -0.39 is 0 Å². The summed E-state index contributed by atoms with van der Waals surface area (Å²) in [5.74, 6) is 2.48. The standard InChI is InChI=1S/C16H19BrN2S2/c1-4-21-12-7-5-11(6-8-12)15-18-13(9-10(2)3)14(17)16(20)19-15/h5-8,10H,4,9H2,1-3H3,(H,18,19,20). The van der Waals surface area contributed by atoms with Crippen molar-refractivity contribution in [1.29, 1.82) is 0 Å². The number of thioether (sulfide) groups is 1. The molecule has 5 heteroatoms. The van der Waals surface area contributed by atoms with Crippen molar-refractivity contribution < 1.29 is 0 Å². The molecule has 0 bridgehead atoms. The van der Waals surface area contributed by atoms with Gasteiger partial charge in [0.25, 0.3) is 0 Å². The van der Waals surface area contributed by atoms with Gasteiger partial charge in [-0.05, 0) is 46.2 Å². The van der Waals surface area contributed by atoms with Crippen LogP contribution in [0.15, 0.2) is 33.6 Å². The molecule has 0 aliphatic carbocycles. The summed E-state index contributed by atoms with van der Waals surface area (Å²) < 4.78 is 1.53. The molecule has 2 aromatic rings.